The van der Waals surface area contributed by atoms with Gasteiger partial charge in [0, 0.05) is 11.1 Å². The van der Waals surface area contributed by atoms with Crippen molar-refractivity contribution in [3.63, 3.8) is 0 Å². The molecular formula is C34H30N2O4. The van der Waals surface area contributed by atoms with Gasteiger partial charge in [0.25, 0.3) is 5.91 Å². The number of nitriles is 1. The van der Waals surface area contributed by atoms with E-state index in [1.807, 2.05) is 73.7 Å². The largest absolute Gasteiger partial charge is 0.493 e. The van der Waals surface area contributed by atoms with Gasteiger partial charge in [0.15, 0.2) is 0 Å². The Hall–Kier alpha value is -5.15. The molecule has 0 unspecified atom stereocenters. The third-order valence-electron chi connectivity index (χ3n) is 6.50. The molecule has 4 rings (SSSR count). The van der Waals surface area contributed by atoms with Crippen LogP contribution in [0.1, 0.15) is 34.0 Å². The van der Waals surface area contributed by atoms with Crippen LogP contribution in [0.3, 0.4) is 0 Å². The molecule has 6 nitrogen and oxygen atoms in total. The molecule has 2 N–H and O–H groups in total. The lowest BCUT2D eigenvalue weighted by Crippen LogP contribution is -2.43. The topological polar surface area (TPSA) is 99.4 Å². The number of carbonyl (C=O) groups is 2. The van der Waals surface area contributed by atoms with E-state index in [1.165, 1.54) is 0 Å². The minimum Gasteiger partial charge on any atom is -0.493 e. The molecule has 0 heterocycles. The normalized spacial score (nSPS) is 12.3. The molecule has 0 aromatic heterocycles. The van der Waals surface area contributed by atoms with E-state index in [9.17, 15) is 20.0 Å². The van der Waals surface area contributed by atoms with Crippen LogP contribution in [-0.2, 0) is 11.2 Å². The maximum absolute atomic E-state index is 13.4. The predicted molar refractivity (Wildman–Crippen MR) is 156 cm³/mol. The summed E-state index contributed by atoms with van der Waals surface area (Å²) >= 11 is 0. The summed E-state index contributed by atoms with van der Waals surface area (Å²) in [6, 6.07) is 32.5. The third kappa shape index (κ3) is 7.24. The van der Waals surface area contributed by atoms with E-state index in [1.54, 1.807) is 48.6 Å². The molecule has 0 aliphatic heterocycles. The van der Waals surface area contributed by atoms with Crippen LogP contribution in [0, 0.1) is 17.2 Å². The Bertz CT molecular complexity index is 1520. The summed E-state index contributed by atoms with van der Waals surface area (Å²) in [5.41, 5.74) is 4.28. The number of hydrogen-bond donors (Lipinski definition) is 2. The molecule has 0 radical (unpaired) electrons. The molecule has 1 amide bonds. The molecule has 0 spiro atoms. The van der Waals surface area contributed by atoms with Crippen molar-refractivity contribution in [2.45, 2.75) is 19.4 Å². The molecule has 40 heavy (non-hydrogen) atoms. The quantitative estimate of drug-likeness (QED) is 0.234. The first-order chi connectivity index (χ1) is 19.5. The molecule has 2 atom stereocenters. The van der Waals surface area contributed by atoms with Crippen molar-refractivity contribution in [3.05, 3.63) is 131 Å². The fraction of sp³-hybridized carbons (Fsp3) is 0.147. The molecule has 6 heteroatoms. The maximum atomic E-state index is 13.4. The zero-order chi connectivity index (χ0) is 28.3. The summed E-state index contributed by atoms with van der Waals surface area (Å²) in [5.74, 6) is -1.63. The molecule has 0 saturated heterocycles. The first-order valence-electron chi connectivity index (χ1n) is 13.1. The monoisotopic (exact) mass is 530 g/mol. The zero-order valence-corrected chi connectivity index (χ0v) is 22.2. The summed E-state index contributed by atoms with van der Waals surface area (Å²) in [6.45, 7) is 2.47. The minimum absolute atomic E-state index is 0.141. The smallest absolute Gasteiger partial charge is 0.309 e. The van der Waals surface area contributed by atoms with Gasteiger partial charge in [-0.05, 0) is 60.4 Å². The molecule has 0 fully saturated rings. The van der Waals surface area contributed by atoms with Crippen molar-refractivity contribution in [2.75, 3.05) is 6.61 Å². The summed E-state index contributed by atoms with van der Waals surface area (Å²) in [7, 11) is 0. The number of hydrogen-bond acceptors (Lipinski definition) is 4. The van der Waals surface area contributed by atoms with Crippen LogP contribution < -0.4 is 10.1 Å². The Kier molecular flexibility index (Phi) is 9.47. The number of nitrogens with zero attached hydrogens (tertiary/aromatic N) is 1. The molecular weight excluding hydrogens is 500 g/mol. The summed E-state index contributed by atoms with van der Waals surface area (Å²) < 4.78 is 5.74. The second-order valence-corrected chi connectivity index (χ2v) is 9.24. The number of nitrogens with one attached hydrogen (secondary N) is 1. The average molecular weight is 531 g/mol. The number of carboxylic acid groups (broad SMARTS) is 1. The van der Waals surface area contributed by atoms with Gasteiger partial charge in [0.05, 0.1) is 30.2 Å². The first-order valence-corrected chi connectivity index (χ1v) is 13.1. The molecule has 0 saturated carbocycles. The van der Waals surface area contributed by atoms with Gasteiger partial charge in [-0.2, -0.15) is 5.26 Å². The van der Waals surface area contributed by atoms with E-state index >= 15 is 0 Å². The Labute approximate surface area is 234 Å². The molecule has 0 bridgehead atoms. The van der Waals surface area contributed by atoms with Crippen LogP contribution in [0.25, 0.3) is 17.2 Å². The van der Waals surface area contributed by atoms with Crippen LogP contribution in [0.15, 0.2) is 109 Å². The van der Waals surface area contributed by atoms with Gasteiger partial charge in [-0.25, -0.2) is 0 Å². The molecule has 0 aliphatic carbocycles. The Morgan fingerprint density at radius 2 is 1.68 bits per heavy atom. The highest BCUT2D eigenvalue weighted by Crippen LogP contribution is 2.30. The van der Waals surface area contributed by atoms with Crippen molar-refractivity contribution in [1.82, 2.24) is 5.32 Å². The van der Waals surface area contributed by atoms with Crippen molar-refractivity contribution >= 4 is 18.0 Å². The number of ether oxygens (including phenoxy) is 1. The van der Waals surface area contributed by atoms with Gasteiger partial charge >= 0.3 is 5.97 Å². The molecule has 200 valence electrons. The Morgan fingerprint density at radius 3 is 2.38 bits per heavy atom. The van der Waals surface area contributed by atoms with Gasteiger partial charge in [-0.1, -0.05) is 84.9 Å². The third-order valence-corrected chi connectivity index (χ3v) is 6.50. The predicted octanol–water partition coefficient (Wildman–Crippen LogP) is 6.38. The van der Waals surface area contributed by atoms with E-state index in [0.717, 1.165) is 22.4 Å². The van der Waals surface area contributed by atoms with E-state index in [-0.39, 0.29) is 12.3 Å². The van der Waals surface area contributed by atoms with Gasteiger partial charge in [-0.15, -0.1) is 0 Å². The van der Waals surface area contributed by atoms with Crippen LogP contribution in [-0.4, -0.2) is 29.6 Å². The van der Waals surface area contributed by atoms with Crippen LogP contribution in [0.2, 0.25) is 0 Å². The maximum Gasteiger partial charge on any atom is 0.309 e. The number of rotatable bonds is 11. The summed E-state index contributed by atoms with van der Waals surface area (Å²) in [6.07, 6.45) is 3.66. The van der Waals surface area contributed by atoms with Gasteiger partial charge in [0.2, 0.25) is 0 Å². The van der Waals surface area contributed by atoms with Gasteiger partial charge in [-0.3, -0.25) is 9.59 Å². The highest BCUT2D eigenvalue weighted by atomic mass is 16.5. The van der Waals surface area contributed by atoms with Gasteiger partial charge in [0.1, 0.15) is 5.75 Å². The summed E-state index contributed by atoms with van der Waals surface area (Å²) in [5, 5.41) is 22.4. The second-order valence-electron chi connectivity index (χ2n) is 9.24. The standard InChI is InChI=1S/C34H30N2O4/c1-2-40-32-14-7-6-13-29(32)27-16-18-28(19-17-27)33(37)36-31(20-15-24-9-4-3-5-10-24)30(34(38)39)22-25-11-8-12-26(21-25)23-35/h3-21,30-31H,2,22H2,1H3,(H,36,37)(H,38,39)/b20-15+/t30-,31-/m1/s1. The molecule has 0 aliphatic rings. The van der Waals surface area contributed by atoms with E-state index in [2.05, 4.69) is 11.4 Å². The lowest BCUT2D eigenvalue weighted by Gasteiger charge is -2.23. The van der Waals surface area contributed by atoms with E-state index < -0.39 is 17.9 Å². The number of benzene rings is 4. The number of carboxylic acids is 1. The van der Waals surface area contributed by atoms with Gasteiger partial charge < -0.3 is 15.2 Å². The Balaban J connectivity index is 1.60. The minimum atomic E-state index is -1.05. The molecule has 4 aromatic carbocycles. The van der Waals surface area contributed by atoms with Crippen LogP contribution in [0.5, 0.6) is 5.75 Å². The van der Waals surface area contributed by atoms with Crippen molar-refractivity contribution in [1.29, 1.82) is 5.26 Å². The van der Waals surface area contributed by atoms with Crippen LogP contribution in [0.4, 0.5) is 0 Å². The number of aliphatic carboxylic acids is 1. The number of para-hydroxylation sites is 1. The SMILES string of the molecule is CCOc1ccccc1-c1ccc(C(=O)N[C@H](/C=C/c2ccccc2)[C@@H](Cc2cccc(C#N)c2)C(=O)O)cc1. The van der Waals surface area contributed by atoms with Crippen molar-refractivity contribution in [2.24, 2.45) is 5.92 Å². The van der Waals surface area contributed by atoms with E-state index in [0.29, 0.717) is 23.3 Å². The van der Waals surface area contributed by atoms with E-state index in [4.69, 9.17) is 4.74 Å². The molecule has 4 aromatic rings. The lowest BCUT2D eigenvalue weighted by atomic mass is 9.90. The fourth-order valence-corrected chi connectivity index (χ4v) is 4.47. The highest BCUT2D eigenvalue weighted by molar-refractivity contribution is 5.95. The number of amides is 1. The number of carbonyl (C=O) groups excluding carboxylic acids is 1. The van der Waals surface area contributed by atoms with Crippen molar-refractivity contribution in [3.8, 4) is 22.9 Å². The van der Waals surface area contributed by atoms with Crippen LogP contribution >= 0.6 is 0 Å². The second kappa shape index (κ2) is 13.6. The first kappa shape index (κ1) is 27.9. The Morgan fingerprint density at radius 1 is 0.950 bits per heavy atom. The zero-order valence-electron chi connectivity index (χ0n) is 22.2. The fourth-order valence-electron chi connectivity index (χ4n) is 4.47. The lowest BCUT2D eigenvalue weighted by molar-refractivity contribution is -0.142. The summed E-state index contributed by atoms with van der Waals surface area (Å²) in [4.78, 5) is 25.8. The highest BCUT2D eigenvalue weighted by Gasteiger charge is 2.28. The average Bonchev–Trinajstić information content (AvgIpc) is 2.99. The van der Waals surface area contributed by atoms with Crippen molar-refractivity contribution < 1.29 is 19.4 Å².